The second-order valence-corrected chi connectivity index (χ2v) is 3.40. The Bertz CT molecular complexity index is 287. The lowest BCUT2D eigenvalue weighted by molar-refractivity contribution is -0.122. The Morgan fingerprint density at radius 1 is 1.31 bits per heavy atom. The molecule has 0 fully saturated rings. The predicted molar refractivity (Wildman–Crippen MR) is 67.9 cm³/mol. The van der Waals surface area contributed by atoms with Crippen LogP contribution in [0.4, 0.5) is 5.69 Å². The molecule has 0 atom stereocenters. The third-order valence-electron chi connectivity index (χ3n) is 2.24. The molecule has 0 spiro atoms. The highest BCUT2D eigenvalue weighted by Crippen LogP contribution is 2.15. The Hall–Kier alpha value is -1.51. The SMILES string of the molecule is CCCCNc1ccccc1CC.O=CO. The van der Waals surface area contributed by atoms with Crippen LogP contribution in [0.1, 0.15) is 32.3 Å². The van der Waals surface area contributed by atoms with E-state index in [9.17, 15) is 0 Å². The van der Waals surface area contributed by atoms with Gasteiger partial charge in [-0.05, 0) is 24.5 Å². The molecule has 0 radical (unpaired) electrons. The number of aryl methyl sites for hydroxylation is 1. The van der Waals surface area contributed by atoms with Crippen LogP contribution in [0.2, 0.25) is 0 Å². The van der Waals surface area contributed by atoms with Crippen molar-refractivity contribution in [2.75, 3.05) is 11.9 Å². The molecule has 0 unspecified atom stereocenters. The van der Waals surface area contributed by atoms with Crippen molar-refractivity contribution in [1.82, 2.24) is 0 Å². The first-order chi connectivity index (χ1) is 7.79. The number of rotatable bonds is 5. The van der Waals surface area contributed by atoms with Crippen LogP contribution in [0.25, 0.3) is 0 Å². The van der Waals surface area contributed by atoms with Gasteiger partial charge in [-0.25, -0.2) is 0 Å². The minimum Gasteiger partial charge on any atom is -0.483 e. The quantitative estimate of drug-likeness (QED) is 0.595. The standard InChI is InChI=1S/C12H19N.CH2O2/c1-3-5-10-13-12-9-7-6-8-11(12)4-2;2-1-3/h6-9,13H,3-5,10H2,1-2H3;1H,(H,2,3). The number of unbranched alkanes of at least 4 members (excludes halogenated alkanes) is 1. The molecule has 0 aliphatic carbocycles. The maximum atomic E-state index is 8.36. The van der Waals surface area contributed by atoms with Crippen LogP contribution in [0.15, 0.2) is 24.3 Å². The number of benzene rings is 1. The van der Waals surface area contributed by atoms with Gasteiger partial charge >= 0.3 is 0 Å². The Morgan fingerprint density at radius 3 is 2.50 bits per heavy atom. The summed E-state index contributed by atoms with van der Waals surface area (Å²) in [6.07, 6.45) is 3.61. The number of anilines is 1. The van der Waals surface area contributed by atoms with Crippen LogP contribution in [-0.2, 0) is 11.2 Å². The van der Waals surface area contributed by atoms with Gasteiger partial charge < -0.3 is 10.4 Å². The van der Waals surface area contributed by atoms with E-state index in [1.807, 2.05) is 0 Å². The van der Waals surface area contributed by atoms with E-state index in [1.165, 1.54) is 24.1 Å². The van der Waals surface area contributed by atoms with E-state index in [1.54, 1.807) is 0 Å². The highest BCUT2D eigenvalue weighted by Gasteiger charge is 1.96. The summed E-state index contributed by atoms with van der Waals surface area (Å²) in [6, 6.07) is 8.54. The smallest absolute Gasteiger partial charge is 0.290 e. The molecule has 1 aromatic carbocycles. The molecule has 0 aliphatic rings. The zero-order chi connectivity index (χ0) is 12.2. The van der Waals surface area contributed by atoms with Crippen LogP contribution in [0.5, 0.6) is 0 Å². The fourth-order valence-electron chi connectivity index (χ4n) is 1.40. The van der Waals surface area contributed by atoms with E-state index in [2.05, 4.69) is 43.4 Å². The first kappa shape index (κ1) is 14.5. The molecule has 0 amide bonds. The van der Waals surface area contributed by atoms with Gasteiger partial charge in [0.05, 0.1) is 0 Å². The number of para-hydroxylation sites is 1. The summed E-state index contributed by atoms with van der Waals surface area (Å²) >= 11 is 0. The van der Waals surface area contributed by atoms with Crippen LogP contribution in [-0.4, -0.2) is 18.1 Å². The van der Waals surface area contributed by atoms with E-state index in [0.29, 0.717) is 0 Å². The van der Waals surface area contributed by atoms with Gasteiger partial charge in [0.15, 0.2) is 0 Å². The third kappa shape index (κ3) is 6.06. The normalized spacial score (nSPS) is 8.88. The van der Waals surface area contributed by atoms with E-state index in [-0.39, 0.29) is 6.47 Å². The van der Waals surface area contributed by atoms with Crippen LogP contribution >= 0.6 is 0 Å². The molecule has 0 saturated carbocycles. The summed E-state index contributed by atoms with van der Waals surface area (Å²) in [6.45, 7) is 5.25. The van der Waals surface area contributed by atoms with Crippen molar-refractivity contribution in [3.63, 3.8) is 0 Å². The number of hydrogen-bond acceptors (Lipinski definition) is 2. The molecule has 1 rings (SSSR count). The van der Waals surface area contributed by atoms with Crippen molar-refractivity contribution >= 4 is 12.2 Å². The lowest BCUT2D eigenvalue weighted by atomic mass is 10.1. The number of nitrogens with one attached hydrogen (secondary N) is 1. The molecule has 0 heterocycles. The average molecular weight is 223 g/mol. The molecule has 0 saturated heterocycles. The van der Waals surface area contributed by atoms with E-state index in [0.717, 1.165) is 13.0 Å². The van der Waals surface area contributed by atoms with Gasteiger partial charge in [0.2, 0.25) is 0 Å². The highest BCUT2D eigenvalue weighted by atomic mass is 16.3. The molecule has 3 nitrogen and oxygen atoms in total. The summed E-state index contributed by atoms with van der Waals surface area (Å²) in [5.74, 6) is 0. The van der Waals surface area contributed by atoms with Gasteiger partial charge in [-0.1, -0.05) is 38.5 Å². The Morgan fingerprint density at radius 2 is 1.94 bits per heavy atom. The molecule has 0 bridgehead atoms. The lowest BCUT2D eigenvalue weighted by Crippen LogP contribution is -2.03. The van der Waals surface area contributed by atoms with E-state index < -0.39 is 0 Å². The van der Waals surface area contributed by atoms with Gasteiger partial charge in [-0.15, -0.1) is 0 Å². The summed E-state index contributed by atoms with van der Waals surface area (Å²) in [5, 5.41) is 10.4. The van der Waals surface area contributed by atoms with Gasteiger partial charge in [-0.2, -0.15) is 0 Å². The molecular formula is C13H21NO2. The molecule has 16 heavy (non-hydrogen) atoms. The fourth-order valence-corrected chi connectivity index (χ4v) is 1.40. The van der Waals surface area contributed by atoms with Gasteiger partial charge in [0.25, 0.3) is 6.47 Å². The topological polar surface area (TPSA) is 49.3 Å². The Labute approximate surface area is 97.5 Å². The first-order valence-electron chi connectivity index (χ1n) is 5.69. The third-order valence-corrected chi connectivity index (χ3v) is 2.24. The number of hydrogen-bond donors (Lipinski definition) is 2. The highest BCUT2D eigenvalue weighted by molar-refractivity contribution is 5.50. The van der Waals surface area contributed by atoms with Crippen LogP contribution in [0, 0.1) is 0 Å². The van der Waals surface area contributed by atoms with Crippen molar-refractivity contribution in [3.8, 4) is 0 Å². The van der Waals surface area contributed by atoms with Crippen LogP contribution < -0.4 is 5.32 Å². The second-order valence-electron chi connectivity index (χ2n) is 3.40. The zero-order valence-corrected chi connectivity index (χ0v) is 10.1. The fraction of sp³-hybridized carbons (Fsp3) is 0.462. The average Bonchev–Trinajstić information content (AvgIpc) is 2.31. The minimum absolute atomic E-state index is 0.250. The Kier molecular flexibility index (Phi) is 9.08. The van der Waals surface area contributed by atoms with Crippen molar-refractivity contribution in [3.05, 3.63) is 29.8 Å². The van der Waals surface area contributed by atoms with Crippen molar-refractivity contribution < 1.29 is 9.90 Å². The molecule has 2 N–H and O–H groups in total. The van der Waals surface area contributed by atoms with E-state index >= 15 is 0 Å². The molecule has 1 aromatic rings. The molecule has 3 heteroatoms. The molecular weight excluding hydrogens is 202 g/mol. The first-order valence-corrected chi connectivity index (χ1v) is 5.69. The summed E-state index contributed by atoms with van der Waals surface area (Å²) in [4.78, 5) is 8.36. The maximum absolute atomic E-state index is 8.36. The van der Waals surface area contributed by atoms with Gasteiger partial charge in [0.1, 0.15) is 0 Å². The molecule has 0 aromatic heterocycles. The van der Waals surface area contributed by atoms with Crippen molar-refractivity contribution in [1.29, 1.82) is 0 Å². The zero-order valence-electron chi connectivity index (χ0n) is 10.1. The summed E-state index contributed by atoms with van der Waals surface area (Å²) in [7, 11) is 0. The molecule has 90 valence electrons. The lowest BCUT2D eigenvalue weighted by Gasteiger charge is -2.09. The monoisotopic (exact) mass is 223 g/mol. The predicted octanol–water partition coefficient (Wildman–Crippen LogP) is 3.16. The van der Waals surface area contributed by atoms with Gasteiger partial charge in [-0.3, -0.25) is 4.79 Å². The Balaban J connectivity index is 0.000000673. The van der Waals surface area contributed by atoms with E-state index in [4.69, 9.17) is 9.90 Å². The molecule has 0 aliphatic heterocycles. The van der Waals surface area contributed by atoms with Crippen LogP contribution in [0.3, 0.4) is 0 Å². The number of carbonyl (C=O) groups is 1. The number of carboxylic acid groups (broad SMARTS) is 1. The maximum Gasteiger partial charge on any atom is 0.290 e. The van der Waals surface area contributed by atoms with Crippen molar-refractivity contribution in [2.45, 2.75) is 33.1 Å². The summed E-state index contributed by atoms with van der Waals surface area (Å²) < 4.78 is 0. The second kappa shape index (κ2) is 10.0. The summed E-state index contributed by atoms with van der Waals surface area (Å²) in [5.41, 5.74) is 2.72. The largest absolute Gasteiger partial charge is 0.483 e. The minimum atomic E-state index is -0.250. The van der Waals surface area contributed by atoms with Crippen molar-refractivity contribution in [2.24, 2.45) is 0 Å². The van der Waals surface area contributed by atoms with Gasteiger partial charge in [0, 0.05) is 12.2 Å².